The number of methoxy groups -OCH3 is 1. The van der Waals surface area contributed by atoms with Crippen molar-refractivity contribution in [3.63, 3.8) is 0 Å². The number of carbonyl (C=O) groups is 1. The van der Waals surface area contributed by atoms with Gasteiger partial charge in [0, 0.05) is 16.7 Å². The molecule has 0 fully saturated rings. The summed E-state index contributed by atoms with van der Waals surface area (Å²) in [5, 5.41) is 7.11. The molecule has 0 unspecified atom stereocenters. The molecule has 31 heavy (non-hydrogen) atoms. The van der Waals surface area contributed by atoms with Gasteiger partial charge in [-0.2, -0.15) is 0 Å². The van der Waals surface area contributed by atoms with Crippen molar-refractivity contribution in [1.29, 1.82) is 0 Å². The number of carbonyl (C=O) groups excluding carboxylic acids is 1. The molecule has 0 radical (unpaired) electrons. The van der Waals surface area contributed by atoms with Crippen molar-refractivity contribution < 1.29 is 18.4 Å². The van der Waals surface area contributed by atoms with Crippen LogP contribution >= 0.6 is 11.6 Å². The third kappa shape index (κ3) is 3.99. The molecule has 158 valence electrons. The lowest BCUT2D eigenvalue weighted by Crippen LogP contribution is -2.28. The summed E-state index contributed by atoms with van der Waals surface area (Å²) < 4.78 is 25.1. The van der Waals surface area contributed by atoms with Crippen molar-refractivity contribution in [3.05, 3.63) is 69.5 Å². The van der Waals surface area contributed by atoms with E-state index in [9.17, 15) is 14.0 Å². The molecule has 0 aliphatic heterocycles. The topological polar surface area (TPSA) is 99.2 Å². The zero-order valence-corrected chi connectivity index (χ0v) is 17.2. The van der Waals surface area contributed by atoms with Crippen molar-refractivity contribution in [2.24, 2.45) is 0 Å². The average Bonchev–Trinajstić information content (AvgIpc) is 3.17. The van der Waals surface area contributed by atoms with Crippen molar-refractivity contribution >= 4 is 34.3 Å². The van der Waals surface area contributed by atoms with Gasteiger partial charge in [0.25, 0.3) is 11.3 Å². The molecular weight excluding hydrogens is 427 g/mol. The highest BCUT2D eigenvalue weighted by molar-refractivity contribution is 6.31. The van der Waals surface area contributed by atoms with E-state index >= 15 is 0 Å². The van der Waals surface area contributed by atoms with Gasteiger partial charge >= 0.3 is 0 Å². The molecule has 2 aromatic carbocycles. The SMILES string of the molecule is COc1cc(Cl)c(C)cc1NC(=O)Cn1cnc2onc(-c3cccc(F)c3)c2c1=O. The molecule has 2 aromatic heterocycles. The number of amides is 1. The lowest BCUT2D eigenvalue weighted by Gasteiger charge is -2.12. The van der Waals surface area contributed by atoms with E-state index in [-0.39, 0.29) is 23.3 Å². The molecule has 0 bridgehead atoms. The number of benzene rings is 2. The fourth-order valence-electron chi connectivity index (χ4n) is 3.10. The first-order valence-corrected chi connectivity index (χ1v) is 9.50. The third-order valence-electron chi connectivity index (χ3n) is 4.63. The van der Waals surface area contributed by atoms with E-state index in [1.165, 1.54) is 31.6 Å². The summed E-state index contributed by atoms with van der Waals surface area (Å²) in [6.45, 7) is 1.47. The minimum Gasteiger partial charge on any atom is -0.495 e. The van der Waals surface area contributed by atoms with E-state index < -0.39 is 17.3 Å². The van der Waals surface area contributed by atoms with Gasteiger partial charge in [-0.15, -0.1) is 0 Å². The minimum absolute atomic E-state index is 0.00378. The highest BCUT2D eigenvalue weighted by Crippen LogP contribution is 2.31. The Morgan fingerprint density at radius 1 is 1.32 bits per heavy atom. The van der Waals surface area contributed by atoms with Crippen molar-refractivity contribution in [3.8, 4) is 17.0 Å². The quantitative estimate of drug-likeness (QED) is 0.504. The van der Waals surface area contributed by atoms with Crippen LogP contribution in [0.4, 0.5) is 10.1 Å². The Morgan fingerprint density at radius 2 is 2.13 bits per heavy atom. The number of nitrogens with one attached hydrogen (secondary N) is 1. The number of rotatable bonds is 5. The number of fused-ring (bicyclic) bond motifs is 1. The Bertz CT molecular complexity index is 1370. The number of halogens is 2. The van der Waals surface area contributed by atoms with Gasteiger partial charge < -0.3 is 14.6 Å². The van der Waals surface area contributed by atoms with E-state index in [4.69, 9.17) is 20.9 Å². The molecular formula is C21H16ClFN4O4. The van der Waals surface area contributed by atoms with Gasteiger partial charge in [-0.25, -0.2) is 9.37 Å². The Kier molecular flexibility index (Phi) is 5.43. The Balaban J connectivity index is 1.66. The number of anilines is 1. The molecule has 0 aliphatic rings. The standard InChI is InChI=1S/C21H16ClFN4O4/c1-11-6-15(16(30-2)8-14(11)22)25-17(28)9-27-10-24-20-18(21(27)29)19(26-31-20)12-4-3-5-13(23)7-12/h3-8,10H,9H2,1-2H3,(H,25,28). The van der Waals surface area contributed by atoms with E-state index in [1.54, 1.807) is 25.1 Å². The Morgan fingerprint density at radius 3 is 2.87 bits per heavy atom. The molecule has 0 aliphatic carbocycles. The minimum atomic E-state index is -0.542. The normalized spacial score (nSPS) is 11.0. The lowest BCUT2D eigenvalue weighted by atomic mass is 10.1. The zero-order valence-electron chi connectivity index (χ0n) is 16.5. The van der Waals surface area contributed by atoms with Crippen LogP contribution in [0.1, 0.15) is 5.56 Å². The van der Waals surface area contributed by atoms with E-state index in [2.05, 4.69) is 15.5 Å². The number of ether oxygens (including phenoxy) is 1. The van der Waals surface area contributed by atoms with Crippen LogP contribution in [0.5, 0.6) is 5.75 Å². The maximum Gasteiger partial charge on any atom is 0.267 e. The summed E-state index contributed by atoms with van der Waals surface area (Å²) in [7, 11) is 1.46. The first kappa shape index (κ1) is 20.5. The van der Waals surface area contributed by atoms with Crippen LogP contribution in [0.15, 0.2) is 52.0 Å². The second kappa shape index (κ2) is 8.19. The van der Waals surface area contributed by atoms with Gasteiger partial charge in [0.15, 0.2) is 0 Å². The molecule has 4 rings (SSSR count). The van der Waals surface area contributed by atoms with Crippen LogP contribution in [0.3, 0.4) is 0 Å². The molecule has 1 N–H and O–H groups in total. The Labute approximate surface area is 180 Å². The van der Waals surface area contributed by atoms with Gasteiger partial charge in [0.1, 0.15) is 35.5 Å². The fraction of sp³-hybridized carbons (Fsp3) is 0.143. The van der Waals surface area contributed by atoms with Crippen LogP contribution in [0.25, 0.3) is 22.4 Å². The van der Waals surface area contributed by atoms with Crippen molar-refractivity contribution in [2.45, 2.75) is 13.5 Å². The molecule has 0 saturated carbocycles. The predicted octanol–water partition coefficient (Wildman–Crippen LogP) is 3.80. The van der Waals surface area contributed by atoms with Crippen LogP contribution in [0, 0.1) is 12.7 Å². The third-order valence-corrected chi connectivity index (χ3v) is 5.04. The summed E-state index contributed by atoms with van der Waals surface area (Å²) in [6, 6.07) is 8.86. The molecule has 10 heteroatoms. The molecule has 8 nitrogen and oxygen atoms in total. The number of hydrogen-bond donors (Lipinski definition) is 1. The second-order valence-electron chi connectivity index (χ2n) is 6.75. The Hall–Kier alpha value is -3.72. The van der Waals surface area contributed by atoms with E-state index in [1.807, 2.05) is 0 Å². The number of aromatic nitrogens is 3. The van der Waals surface area contributed by atoms with E-state index in [0.29, 0.717) is 22.0 Å². The highest BCUT2D eigenvalue weighted by Gasteiger charge is 2.19. The van der Waals surface area contributed by atoms with Crippen LogP contribution < -0.4 is 15.6 Å². The van der Waals surface area contributed by atoms with Gasteiger partial charge in [0.2, 0.25) is 5.91 Å². The molecule has 1 amide bonds. The number of nitrogens with zero attached hydrogens (tertiary/aromatic N) is 3. The summed E-state index contributed by atoms with van der Waals surface area (Å²) >= 11 is 6.09. The first-order chi connectivity index (χ1) is 14.9. The number of aryl methyl sites for hydroxylation is 1. The summed E-state index contributed by atoms with van der Waals surface area (Å²) in [5.74, 6) is -0.575. The first-order valence-electron chi connectivity index (χ1n) is 9.12. The van der Waals surface area contributed by atoms with Gasteiger partial charge in [-0.3, -0.25) is 14.2 Å². The summed E-state index contributed by atoms with van der Waals surface area (Å²) in [5.41, 5.74) is 1.14. The average molecular weight is 443 g/mol. The maximum atomic E-state index is 13.6. The van der Waals surface area contributed by atoms with Crippen molar-refractivity contribution in [2.75, 3.05) is 12.4 Å². The maximum absolute atomic E-state index is 13.6. The lowest BCUT2D eigenvalue weighted by molar-refractivity contribution is -0.116. The smallest absolute Gasteiger partial charge is 0.267 e. The predicted molar refractivity (Wildman–Crippen MR) is 113 cm³/mol. The van der Waals surface area contributed by atoms with Gasteiger partial charge in [-0.1, -0.05) is 28.9 Å². The molecule has 0 saturated heterocycles. The zero-order chi connectivity index (χ0) is 22.1. The van der Waals surface area contributed by atoms with Gasteiger partial charge in [0.05, 0.1) is 12.8 Å². The van der Waals surface area contributed by atoms with Crippen LogP contribution in [-0.4, -0.2) is 27.7 Å². The van der Waals surface area contributed by atoms with Gasteiger partial charge in [-0.05, 0) is 30.7 Å². The highest BCUT2D eigenvalue weighted by atomic mass is 35.5. The monoisotopic (exact) mass is 442 g/mol. The fourth-order valence-corrected chi connectivity index (χ4v) is 3.25. The van der Waals surface area contributed by atoms with Crippen LogP contribution in [0.2, 0.25) is 5.02 Å². The molecule has 0 spiro atoms. The molecule has 4 aromatic rings. The largest absolute Gasteiger partial charge is 0.495 e. The second-order valence-corrected chi connectivity index (χ2v) is 7.16. The van der Waals surface area contributed by atoms with Crippen molar-refractivity contribution in [1.82, 2.24) is 14.7 Å². The summed E-state index contributed by atoms with van der Waals surface area (Å²) in [6.07, 6.45) is 1.19. The molecule has 2 heterocycles. The van der Waals surface area contributed by atoms with Crippen LogP contribution in [-0.2, 0) is 11.3 Å². The number of hydrogen-bond acceptors (Lipinski definition) is 6. The molecule has 0 atom stereocenters. The summed E-state index contributed by atoms with van der Waals surface area (Å²) in [4.78, 5) is 29.6. The van der Waals surface area contributed by atoms with E-state index in [0.717, 1.165) is 10.1 Å².